The molecule has 1 heteroatoms. The lowest BCUT2D eigenvalue weighted by molar-refractivity contribution is 1.80. The van der Waals surface area contributed by atoms with E-state index in [1.807, 2.05) is 11.3 Å². The van der Waals surface area contributed by atoms with Crippen molar-refractivity contribution in [1.29, 1.82) is 0 Å². The van der Waals surface area contributed by atoms with Crippen molar-refractivity contribution in [3.63, 3.8) is 0 Å². The summed E-state index contributed by atoms with van der Waals surface area (Å²) in [5.74, 6) is 0. The highest BCUT2D eigenvalue weighted by atomic mass is 32.1. The molecule has 170 valence electrons. The molecule has 0 aliphatic heterocycles. The summed E-state index contributed by atoms with van der Waals surface area (Å²) < 4.78 is 2.74. The van der Waals surface area contributed by atoms with Crippen molar-refractivity contribution in [2.45, 2.75) is 0 Å². The molecule has 0 radical (unpaired) electrons. The van der Waals surface area contributed by atoms with Crippen LogP contribution in [0.2, 0.25) is 0 Å². The molecule has 0 amide bonds. The van der Waals surface area contributed by atoms with Gasteiger partial charge in [0.1, 0.15) is 0 Å². The van der Waals surface area contributed by atoms with E-state index in [2.05, 4.69) is 121 Å². The third kappa shape index (κ3) is 2.47. The summed E-state index contributed by atoms with van der Waals surface area (Å²) in [7, 11) is 0. The molecule has 0 fully saturated rings. The number of hydrogen-bond acceptors (Lipinski definition) is 1. The van der Waals surface area contributed by atoms with Crippen LogP contribution in [0.5, 0.6) is 0 Å². The zero-order valence-corrected chi connectivity index (χ0v) is 20.8. The minimum Gasteiger partial charge on any atom is -0.134 e. The van der Waals surface area contributed by atoms with Crippen LogP contribution in [-0.2, 0) is 0 Å². The second-order valence-electron chi connectivity index (χ2n) is 10.0. The number of rotatable bonds is 0. The van der Waals surface area contributed by atoms with Crippen molar-refractivity contribution in [2.75, 3.05) is 0 Å². The normalized spacial score (nSPS) is 12.3. The predicted octanol–water partition coefficient (Wildman–Crippen LogP) is 11.0. The molecule has 0 atom stereocenters. The molecule has 0 bridgehead atoms. The molecule has 9 aromatic rings. The Kier molecular flexibility index (Phi) is 3.76. The van der Waals surface area contributed by atoms with Gasteiger partial charge >= 0.3 is 0 Å². The highest BCUT2D eigenvalue weighted by molar-refractivity contribution is 7.27. The molecule has 1 aromatic heterocycles. The quantitative estimate of drug-likeness (QED) is 0.188. The van der Waals surface area contributed by atoms with Gasteiger partial charge < -0.3 is 0 Å². The molecule has 8 aromatic carbocycles. The molecule has 9 rings (SSSR count). The van der Waals surface area contributed by atoms with Crippen LogP contribution >= 0.6 is 11.3 Å². The average molecular weight is 485 g/mol. The number of hydrogen-bond donors (Lipinski definition) is 0. The van der Waals surface area contributed by atoms with Gasteiger partial charge in [-0.25, -0.2) is 0 Å². The Bertz CT molecular complexity index is 2340. The van der Waals surface area contributed by atoms with Crippen molar-refractivity contribution in [3.05, 3.63) is 121 Å². The van der Waals surface area contributed by atoms with E-state index in [4.69, 9.17) is 0 Å². The first kappa shape index (κ1) is 19.7. The fourth-order valence-electron chi connectivity index (χ4n) is 6.71. The smallest absolute Gasteiger partial charge is 0.0440 e. The topological polar surface area (TPSA) is 0 Å². The van der Waals surface area contributed by atoms with Gasteiger partial charge in [0, 0.05) is 25.6 Å². The van der Waals surface area contributed by atoms with E-state index in [0.29, 0.717) is 0 Å². The number of thiophene rings is 1. The summed E-state index contributed by atoms with van der Waals surface area (Å²) in [4.78, 5) is 0. The SMILES string of the molecule is c1ccc2c(c1)c1ccccc1c1c2ccc2c1sc1ccc3c4ccccc4c4ccccc4c3c12. The summed E-state index contributed by atoms with van der Waals surface area (Å²) in [6.07, 6.45) is 0. The van der Waals surface area contributed by atoms with Crippen LogP contribution in [0.25, 0.3) is 84.8 Å². The maximum atomic E-state index is 2.38. The standard InChI is InChI=1S/C36H20S/c1-3-13-25-21(9-1)23-11-5-7-15-27(23)33-29(25)19-20-32-35(33)31-18-17-30-26-14-4-2-10-22(26)24-12-6-8-16-28(24)34(30)36(31)37-32/h1-20H. The van der Waals surface area contributed by atoms with E-state index in [9.17, 15) is 0 Å². The second kappa shape index (κ2) is 7.06. The van der Waals surface area contributed by atoms with Gasteiger partial charge in [0.05, 0.1) is 0 Å². The largest absolute Gasteiger partial charge is 0.134 e. The monoisotopic (exact) mass is 484 g/mol. The molecule has 1 heterocycles. The summed E-state index contributed by atoms with van der Waals surface area (Å²) in [5.41, 5.74) is 0. The Morgan fingerprint density at radius 3 is 1.16 bits per heavy atom. The van der Waals surface area contributed by atoms with Crippen LogP contribution in [0.15, 0.2) is 121 Å². The lowest BCUT2D eigenvalue weighted by Crippen LogP contribution is -1.84. The average Bonchev–Trinajstić information content (AvgIpc) is 3.36. The van der Waals surface area contributed by atoms with Gasteiger partial charge in [-0.05, 0) is 65.3 Å². The van der Waals surface area contributed by atoms with E-state index in [0.717, 1.165) is 0 Å². The van der Waals surface area contributed by atoms with Crippen molar-refractivity contribution in [3.8, 4) is 0 Å². The minimum absolute atomic E-state index is 1.33. The molecule has 37 heavy (non-hydrogen) atoms. The van der Waals surface area contributed by atoms with Crippen LogP contribution in [-0.4, -0.2) is 0 Å². The van der Waals surface area contributed by atoms with Crippen molar-refractivity contribution >= 4 is 96.1 Å². The van der Waals surface area contributed by atoms with Gasteiger partial charge in [0.2, 0.25) is 0 Å². The van der Waals surface area contributed by atoms with E-state index < -0.39 is 0 Å². The zero-order chi connectivity index (χ0) is 24.1. The maximum absolute atomic E-state index is 2.38. The minimum atomic E-state index is 1.33. The lowest BCUT2D eigenvalue weighted by atomic mass is 9.90. The van der Waals surface area contributed by atoms with Gasteiger partial charge in [-0.3, -0.25) is 0 Å². The Morgan fingerprint density at radius 2 is 0.622 bits per heavy atom. The fourth-order valence-corrected chi connectivity index (χ4v) is 7.98. The van der Waals surface area contributed by atoms with Crippen LogP contribution in [0.3, 0.4) is 0 Å². The van der Waals surface area contributed by atoms with Crippen LogP contribution in [0, 0.1) is 0 Å². The van der Waals surface area contributed by atoms with Crippen LogP contribution in [0.4, 0.5) is 0 Å². The van der Waals surface area contributed by atoms with Crippen molar-refractivity contribution in [1.82, 2.24) is 0 Å². The van der Waals surface area contributed by atoms with Crippen LogP contribution < -0.4 is 0 Å². The highest BCUT2D eigenvalue weighted by Gasteiger charge is 2.18. The van der Waals surface area contributed by atoms with E-state index in [1.165, 1.54) is 84.8 Å². The van der Waals surface area contributed by atoms with Gasteiger partial charge in [0.15, 0.2) is 0 Å². The summed E-state index contributed by atoms with van der Waals surface area (Å²) in [6.45, 7) is 0. The van der Waals surface area contributed by atoms with E-state index in [-0.39, 0.29) is 0 Å². The molecule has 0 aliphatic carbocycles. The zero-order valence-electron chi connectivity index (χ0n) is 20.0. The first-order valence-electron chi connectivity index (χ1n) is 12.8. The lowest BCUT2D eigenvalue weighted by Gasteiger charge is -2.12. The van der Waals surface area contributed by atoms with Crippen molar-refractivity contribution < 1.29 is 0 Å². The molecule has 0 saturated heterocycles. The second-order valence-corrected chi connectivity index (χ2v) is 11.1. The Hall–Kier alpha value is -4.46. The Balaban J connectivity index is 1.59. The molecule has 0 saturated carbocycles. The molecule has 0 N–H and O–H groups in total. The van der Waals surface area contributed by atoms with E-state index >= 15 is 0 Å². The summed E-state index contributed by atoms with van der Waals surface area (Å²) in [5, 5.41) is 18.8. The third-order valence-electron chi connectivity index (χ3n) is 8.21. The van der Waals surface area contributed by atoms with Crippen LogP contribution in [0.1, 0.15) is 0 Å². The Labute approximate surface area is 217 Å². The number of benzene rings is 8. The van der Waals surface area contributed by atoms with Gasteiger partial charge in [0.25, 0.3) is 0 Å². The molecule has 0 aliphatic rings. The molecular weight excluding hydrogens is 464 g/mol. The molecule has 0 unspecified atom stereocenters. The first-order chi connectivity index (χ1) is 18.4. The maximum Gasteiger partial charge on any atom is 0.0440 e. The first-order valence-corrected chi connectivity index (χ1v) is 13.6. The summed E-state index contributed by atoms with van der Waals surface area (Å²) >= 11 is 1.94. The fraction of sp³-hybridized carbons (Fsp3) is 0. The number of fused-ring (bicyclic) bond motifs is 17. The van der Waals surface area contributed by atoms with E-state index in [1.54, 1.807) is 0 Å². The van der Waals surface area contributed by atoms with Gasteiger partial charge in [-0.15, -0.1) is 11.3 Å². The summed E-state index contributed by atoms with van der Waals surface area (Å²) in [6, 6.07) is 45.0. The van der Waals surface area contributed by atoms with Gasteiger partial charge in [-0.1, -0.05) is 115 Å². The molecule has 0 nitrogen and oxygen atoms in total. The molecule has 0 spiro atoms. The highest BCUT2D eigenvalue weighted by Crippen LogP contribution is 2.48. The third-order valence-corrected chi connectivity index (χ3v) is 9.40. The predicted molar refractivity (Wildman–Crippen MR) is 164 cm³/mol. The Morgan fingerprint density at radius 1 is 0.270 bits per heavy atom. The van der Waals surface area contributed by atoms with Crippen molar-refractivity contribution in [2.24, 2.45) is 0 Å². The molecular formula is C36H20S. The van der Waals surface area contributed by atoms with Gasteiger partial charge in [-0.2, -0.15) is 0 Å².